The van der Waals surface area contributed by atoms with Crippen LogP contribution in [0.15, 0.2) is 41.8 Å². The number of carbonyl (C=O) groups is 1. The molecule has 0 saturated carbocycles. The molecule has 0 aliphatic carbocycles. The number of imidazole rings is 1. The first-order valence-electron chi connectivity index (χ1n) is 8.73. The number of sulfone groups is 1. The first kappa shape index (κ1) is 20.2. The number of benzene rings is 1. The summed E-state index contributed by atoms with van der Waals surface area (Å²) in [5.74, 6) is -0.409. The number of nitrogens with zero attached hydrogens (tertiary/aromatic N) is 3. The molecule has 7 heteroatoms. The van der Waals surface area contributed by atoms with Gasteiger partial charge in [0.05, 0.1) is 0 Å². The third-order valence-corrected chi connectivity index (χ3v) is 6.27. The van der Waals surface area contributed by atoms with E-state index in [1.807, 2.05) is 58.9 Å². The van der Waals surface area contributed by atoms with Gasteiger partial charge in [0.25, 0.3) is 0 Å². The average Bonchev–Trinajstić information content (AvgIpc) is 3.03. The van der Waals surface area contributed by atoms with Gasteiger partial charge in [-0.1, -0.05) is 12.1 Å². The Kier molecular flexibility index (Phi) is 5.91. The highest BCUT2D eigenvalue weighted by atomic mass is 32.2. The van der Waals surface area contributed by atoms with Gasteiger partial charge in [-0.15, -0.1) is 0 Å². The van der Waals surface area contributed by atoms with Crippen molar-refractivity contribution in [2.45, 2.75) is 64.0 Å². The van der Waals surface area contributed by atoms with Crippen LogP contribution in [0.5, 0.6) is 0 Å². The second-order valence-electron chi connectivity index (χ2n) is 7.04. The molecular weight excluding hydrogens is 350 g/mol. The van der Waals surface area contributed by atoms with Gasteiger partial charge >= 0.3 is 0 Å². The molecule has 26 heavy (non-hydrogen) atoms. The molecule has 1 unspecified atom stereocenters. The highest BCUT2D eigenvalue weighted by Gasteiger charge is 2.37. The van der Waals surface area contributed by atoms with Crippen LogP contribution in [0.4, 0.5) is 0 Å². The maximum Gasteiger partial charge on any atom is 0.241 e. The maximum atomic E-state index is 13.1. The molecule has 0 saturated heterocycles. The normalized spacial score (nSPS) is 13.2. The minimum absolute atomic E-state index is 0.0864. The first-order chi connectivity index (χ1) is 12.1. The number of hydrogen-bond donors (Lipinski definition) is 0. The summed E-state index contributed by atoms with van der Waals surface area (Å²) in [4.78, 5) is 18.5. The second kappa shape index (κ2) is 7.61. The van der Waals surface area contributed by atoms with Crippen molar-refractivity contribution in [3.63, 3.8) is 0 Å². The molecule has 0 aliphatic heterocycles. The summed E-state index contributed by atoms with van der Waals surface area (Å²) < 4.78 is 27.8. The van der Waals surface area contributed by atoms with E-state index in [9.17, 15) is 13.2 Å². The van der Waals surface area contributed by atoms with Crippen LogP contribution in [0, 0.1) is 6.92 Å². The molecule has 0 fully saturated rings. The Bertz CT molecular complexity index is 877. The number of amides is 1. The topological polar surface area (TPSA) is 72.3 Å². The van der Waals surface area contributed by atoms with Crippen LogP contribution in [-0.4, -0.2) is 46.1 Å². The molecule has 6 nitrogen and oxygen atoms in total. The van der Waals surface area contributed by atoms with Crippen molar-refractivity contribution >= 4 is 15.7 Å². The SMILES string of the molecule is Cc1cccc(-n2ccnc2S(=O)(=O)C(C)C(=O)N(C(C)C)C(C)C)c1. The quantitative estimate of drug-likeness (QED) is 0.776. The molecule has 1 amide bonds. The standard InChI is InChI=1S/C19H27N3O3S/c1-13(2)22(14(3)4)18(23)16(6)26(24,25)19-20-10-11-21(19)17-9-7-8-15(5)12-17/h7-14,16H,1-6H3. The van der Waals surface area contributed by atoms with Crippen LogP contribution in [0.2, 0.25) is 0 Å². The van der Waals surface area contributed by atoms with Crippen molar-refractivity contribution in [1.82, 2.24) is 14.5 Å². The van der Waals surface area contributed by atoms with Gasteiger partial charge in [0.15, 0.2) is 0 Å². The molecule has 0 aliphatic rings. The van der Waals surface area contributed by atoms with Gasteiger partial charge in [0, 0.05) is 30.2 Å². The summed E-state index contributed by atoms with van der Waals surface area (Å²) in [7, 11) is -3.94. The number of aromatic nitrogens is 2. The zero-order valence-corrected chi connectivity index (χ0v) is 17.0. The second-order valence-corrected chi connectivity index (χ2v) is 9.20. The fourth-order valence-electron chi connectivity index (χ4n) is 3.08. The van der Waals surface area contributed by atoms with Crippen molar-refractivity contribution in [2.24, 2.45) is 0 Å². The molecule has 1 atom stereocenters. The highest BCUT2D eigenvalue weighted by molar-refractivity contribution is 7.92. The minimum atomic E-state index is -3.94. The molecule has 2 rings (SSSR count). The molecule has 2 aromatic rings. The van der Waals surface area contributed by atoms with Crippen LogP contribution in [-0.2, 0) is 14.6 Å². The summed E-state index contributed by atoms with van der Waals surface area (Å²) >= 11 is 0. The van der Waals surface area contributed by atoms with E-state index in [4.69, 9.17) is 0 Å². The predicted octanol–water partition coefficient (Wildman–Crippen LogP) is 2.99. The van der Waals surface area contributed by atoms with Crippen LogP contribution < -0.4 is 0 Å². The number of hydrogen-bond acceptors (Lipinski definition) is 4. The van der Waals surface area contributed by atoms with E-state index in [-0.39, 0.29) is 17.2 Å². The molecule has 0 radical (unpaired) electrons. The molecule has 142 valence electrons. The van der Waals surface area contributed by atoms with Crippen LogP contribution >= 0.6 is 0 Å². The molecular formula is C19H27N3O3S. The summed E-state index contributed by atoms with van der Waals surface area (Å²) in [6.45, 7) is 10.9. The summed E-state index contributed by atoms with van der Waals surface area (Å²) in [6, 6.07) is 7.31. The molecule has 1 aromatic heterocycles. The van der Waals surface area contributed by atoms with Crippen molar-refractivity contribution in [1.29, 1.82) is 0 Å². The average molecular weight is 378 g/mol. The molecule has 1 heterocycles. The zero-order valence-electron chi connectivity index (χ0n) is 16.2. The Labute approximate surface area is 155 Å². The van der Waals surface area contributed by atoms with E-state index in [1.165, 1.54) is 17.7 Å². The third-order valence-electron chi connectivity index (χ3n) is 4.32. The van der Waals surface area contributed by atoms with Crippen molar-refractivity contribution in [3.05, 3.63) is 42.2 Å². The molecule has 0 bridgehead atoms. The predicted molar refractivity (Wildman–Crippen MR) is 102 cm³/mol. The Morgan fingerprint density at radius 1 is 1.12 bits per heavy atom. The Morgan fingerprint density at radius 3 is 2.27 bits per heavy atom. The van der Waals surface area contributed by atoms with E-state index >= 15 is 0 Å². The Balaban J connectivity index is 2.46. The lowest BCUT2D eigenvalue weighted by Gasteiger charge is -2.32. The third kappa shape index (κ3) is 3.82. The molecule has 1 aromatic carbocycles. The lowest BCUT2D eigenvalue weighted by molar-refractivity contribution is -0.134. The zero-order chi connectivity index (χ0) is 19.6. The van der Waals surface area contributed by atoms with Gasteiger partial charge in [0.1, 0.15) is 5.25 Å². The summed E-state index contributed by atoms with van der Waals surface area (Å²) in [5.41, 5.74) is 1.71. The van der Waals surface area contributed by atoms with Crippen molar-refractivity contribution in [3.8, 4) is 5.69 Å². The molecule has 0 spiro atoms. The Hall–Kier alpha value is -2.15. The fraction of sp³-hybridized carbons (Fsp3) is 0.474. The number of carbonyl (C=O) groups excluding carboxylic acids is 1. The van der Waals surface area contributed by atoms with Gasteiger partial charge in [-0.2, -0.15) is 0 Å². The van der Waals surface area contributed by atoms with E-state index in [2.05, 4.69) is 4.98 Å². The van der Waals surface area contributed by atoms with E-state index in [1.54, 1.807) is 11.1 Å². The van der Waals surface area contributed by atoms with E-state index < -0.39 is 21.0 Å². The van der Waals surface area contributed by atoms with Crippen LogP contribution in [0.1, 0.15) is 40.2 Å². The van der Waals surface area contributed by atoms with E-state index in [0.717, 1.165) is 5.56 Å². The fourth-order valence-corrected chi connectivity index (χ4v) is 4.43. The number of rotatable bonds is 6. The van der Waals surface area contributed by atoms with Gasteiger partial charge < -0.3 is 4.90 Å². The van der Waals surface area contributed by atoms with Gasteiger partial charge in [-0.25, -0.2) is 13.4 Å². The maximum absolute atomic E-state index is 13.1. The van der Waals surface area contributed by atoms with Crippen molar-refractivity contribution in [2.75, 3.05) is 0 Å². The van der Waals surface area contributed by atoms with Gasteiger partial charge in [-0.3, -0.25) is 9.36 Å². The first-order valence-corrected chi connectivity index (χ1v) is 10.3. The summed E-state index contributed by atoms with van der Waals surface area (Å²) in [5, 5.41) is -1.32. The summed E-state index contributed by atoms with van der Waals surface area (Å²) in [6.07, 6.45) is 3.04. The van der Waals surface area contributed by atoms with Crippen LogP contribution in [0.3, 0.4) is 0 Å². The minimum Gasteiger partial charge on any atom is -0.337 e. The lowest BCUT2D eigenvalue weighted by Crippen LogP contribution is -2.48. The Morgan fingerprint density at radius 2 is 1.73 bits per heavy atom. The lowest BCUT2D eigenvalue weighted by atomic mass is 10.2. The molecule has 0 N–H and O–H groups in total. The number of aryl methyl sites for hydroxylation is 1. The highest BCUT2D eigenvalue weighted by Crippen LogP contribution is 2.22. The monoisotopic (exact) mass is 377 g/mol. The van der Waals surface area contributed by atoms with Gasteiger partial charge in [0.2, 0.25) is 20.9 Å². The smallest absolute Gasteiger partial charge is 0.241 e. The van der Waals surface area contributed by atoms with Crippen molar-refractivity contribution < 1.29 is 13.2 Å². The van der Waals surface area contributed by atoms with E-state index in [0.29, 0.717) is 5.69 Å². The van der Waals surface area contributed by atoms with Gasteiger partial charge in [-0.05, 0) is 59.2 Å². The van der Waals surface area contributed by atoms with Crippen LogP contribution in [0.25, 0.3) is 5.69 Å². The largest absolute Gasteiger partial charge is 0.337 e.